The average molecular weight is 336 g/mol. The molecule has 0 radical (unpaired) electrons. The monoisotopic (exact) mass is 336 g/mol. The number of carbonyl (C=O) groups excluding carboxylic acids is 1. The Kier molecular flexibility index (Phi) is 4.57. The Bertz CT molecular complexity index is 747. The van der Waals surface area contributed by atoms with Crippen molar-refractivity contribution in [2.75, 3.05) is 16.3 Å². The molecule has 0 bridgehead atoms. The van der Waals surface area contributed by atoms with Crippen LogP contribution in [0.2, 0.25) is 0 Å². The molecule has 1 fully saturated rings. The van der Waals surface area contributed by atoms with Gasteiger partial charge in [-0.2, -0.15) is 0 Å². The maximum Gasteiger partial charge on any atom is 0.229 e. The number of nitrogens with one attached hydrogen (secondary N) is 2. The highest BCUT2D eigenvalue weighted by atomic mass is 32.2. The number of hydrogen-bond donors (Lipinski definition) is 2. The molecule has 0 heterocycles. The third-order valence-electron chi connectivity index (χ3n) is 4.19. The molecular weight excluding hydrogens is 312 g/mol. The summed E-state index contributed by atoms with van der Waals surface area (Å²) in [5.74, 6) is 0.0199. The summed E-state index contributed by atoms with van der Waals surface area (Å²) in [5, 5.41) is 2.86. The first-order chi connectivity index (χ1) is 10.5. The number of sulfonamides is 1. The Hall–Kier alpha value is -1.82. The van der Waals surface area contributed by atoms with E-state index in [4.69, 9.17) is 0 Å². The summed E-state index contributed by atoms with van der Waals surface area (Å²) in [6, 6.07) is 6.80. The van der Waals surface area contributed by atoms with Crippen LogP contribution >= 0.6 is 0 Å². The quantitative estimate of drug-likeness (QED) is 0.811. The van der Waals surface area contributed by atoms with Gasteiger partial charge in [-0.15, -0.1) is 0 Å². The predicted octanol–water partition coefficient (Wildman–Crippen LogP) is 3.24. The molecule has 2 N–H and O–H groups in total. The van der Waals surface area contributed by atoms with Crippen molar-refractivity contribution in [2.45, 2.75) is 27.7 Å². The summed E-state index contributed by atoms with van der Waals surface area (Å²) < 4.78 is 25.3. The third-order valence-corrected chi connectivity index (χ3v) is 4.78. The molecule has 0 unspecified atom stereocenters. The van der Waals surface area contributed by atoms with Crippen molar-refractivity contribution in [2.24, 2.45) is 17.3 Å². The van der Waals surface area contributed by atoms with Gasteiger partial charge in [-0.25, -0.2) is 8.42 Å². The van der Waals surface area contributed by atoms with Crippen LogP contribution in [-0.2, 0) is 14.8 Å². The van der Waals surface area contributed by atoms with E-state index >= 15 is 0 Å². The summed E-state index contributed by atoms with van der Waals surface area (Å²) in [7, 11) is -3.40. The Balaban J connectivity index is 2.18. The minimum Gasteiger partial charge on any atom is -0.324 e. The molecule has 2 rings (SSSR count). The predicted molar refractivity (Wildman–Crippen MR) is 93.7 cm³/mol. The number of para-hydroxylation sites is 2. The molecule has 23 heavy (non-hydrogen) atoms. The van der Waals surface area contributed by atoms with Crippen LogP contribution in [0.3, 0.4) is 0 Å². The second kappa shape index (κ2) is 6.00. The highest BCUT2D eigenvalue weighted by molar-refractivity contribution is 7.92. The molecule has 1 amide bonds. The van der Waals surface area contributed by atoms with Gasteiger partial charge in [0.25, 0.3) is 0 Å². The van der Waals surface area contributed by atoms with Crippen LogP contribution in [-0.4, -0.2) is 20.6 Å². The van der Waals surface area contributed by atoms with Crippen molar-refractivity contribution >= 4 is 27.3 Å². The van der Waals surface area contributed by atoms with Crippen LogP contribution in [0.25, 0.3) is 0 Å². The van der Waals surface area contributed by atoms with Gasteiger partial charge in [0.05, 0.1) is 23.5 Å². The van der Waals surface area contributed by atoms with Gasteiger partial charge in [0, 0.05) is 0 Å². The SMILES string of the molecule is CC(C)=C[C@@H]1[C@@H](C(=O)Nc2ccccc2NS(C)(=O)=O)C1(C)C. The van der Waals surface area contributed by atoms with Crippen molar-refractivity contribution in [1.82, 2.24) is 0 Å². The summed E-state index contributed by atoms with van der Waals surface area (Å²) >= 11 is 0. The number of allylic oxidation sites excluding steroid dienone is 2. The molecule has 0 spiro atoms. The van der Waals surface area contributed by atoms with E-state index in [0.717, 1.165) is 6.26 Å². The number of rotatable bonds is 5. The second-order valence-electron chi connectivity index (χ2n) is 6.98. The first-order valence-electron chi connectivity index (χ1n) is 7.55. The molecule has 1 aromatic rings. The van der Waals surface area contributed by atoms with Crippen LogP contribution in [0.1, 0.15) is 27.7 Å². The van der Waals surface area contributed by atoms with E-state index in [-0.39, 0.29) is 23.2 Å². The van der Waals surface area contributed by atoms with Gasteiger partial charge in [0.15, 0.2) is 0 Å². The van der Waals surface area contributed by atoms with Crippen molar-refractivity contribution in [3.8, 4) is 0 Å². The zero-order valence-corrected chi connectivity index (χ0v) is 15.0. The molecule has 0 saturated heterocycles. The summed E-state index contributed by atoms with van der Waals surface area (Å²) in [6.45, 7) is 8.19. The van der Waals surface area contributed by atoms with Crippen molar-refractivity contribution in [1.29, 1.82) is 0 Å². The number of anilines is 2. The van der Waals surface area contributed by atoms with Crippen molar-refractivity contribution in [3.63, 3.8) is 0 Å². The summed E-state index contributed by atoms with van der Waals surface area (Å²) in [5.41, 5.74) is 1.96. The molecule has 126 valence electrons. The van der Waals surface area contributed by atoms with Gasteiger partial charge in [-0.1, -0.05) is 37.6 Å². The van der Waals surface area contributed by atoms with Gasteiger partial charge >= 0.3 is 0 Å². The zero-order chi connectivity index (χ0) is 17.4. The fraction of sp³-hybridized carbons (Fsp3) is 0.471. The van der Waals surface area contributed by atoms with Gasteiger partial charge in [0.2, 0.25) is 15.9 Å². The lowest BCUT2D eigenvalue weighted by molar-refractivity contribution is -0.118. The van der Waals surface area contributed by atoms with Gasteiger partial charge in [-0.3, -0.25) is 9.52 Å². The summed E-state index contributed by atoms with van der Waals surface area (Å²) in [4.78, 5) is 12.6. The largest absolute Gasteiger partial charge is 0.324 e. The molecule has 1 aromatic carbocycles. The van der Waals surface area contributed by atoms with Crippen LogP contribution in [0.4, 0.5) is 11.4 Å². The maximum atomic E-state index is 12.6. The Morgan fingerprint density at radius 2 is 1.74 bits per heavy atom. The zero-order valence-electron chi connectivity index (χ0n) is 14.2. The number of hydrogen-bond acceptors (Lipinski definition) is 3. The fourth-order valence-electron chi connectivity index (χ4n) is 2.94. The van der Waals surface area contributed by atoms with E-state index in [0.29, 0.717) is 11.4 Å². The Morgan fingerprint density at radius 3 is 2.26 bits per heavy atom. The lowest BCUT2D eigenvalue weighted by Crippen LogP contribution is -2.19. The van der Waals surface area contributed by atoms with E-state index in [2.05, 4.69) is 30.0 Å². The number of benzene rings is 1. The number of amides is 1. The highest BCUT2D eigenvalue weighted by Crippen LogP contribution is 2.59. The van der Waals surface area contributed by atoms with Gasteiger partial charge in [-0.05, 0) is 37.3 Å². The third kappa shape index (κ3) is 4.13. The Labute approximate surface area is 138 Å². The molecule has 2 atom stereocenters. The minimum absolute atomic E-state index is 0.0828. The van der Waals surface area contributed by atoms with E-state index in [1.807, 2.05) is 13.8 Å². The fourth-order valence-corrected chi connectivity index (χ4v) is 3.52. The molecule has 5 nitrogen and oxygen atoms in total. The first-order valence-corrected chi connectivity index (χ1v) is 9.44. The van der Waals surface area contributed by atoms with E-state index in [1.54, 1.807) is 24.3 Å². The maximum absolute atomic E-state index is 12.6. The molecule has 1 aliphatic carbocycles. The second-order valence-corrected chi connectivity index (χ2v) is 8.73. The molecule has 1 aliphatic rings. The van der Waals surface area contributed by atoms with E-state index < -0.39 is 10.0 Å². The van der Waals surface area contributed by atoms with E-state index in [9.17, 15) is 13.2 Å². The van der Waals surface area contributed by atoms with Crippen molar-refractivity contribution < 1.29 is 13.2 Å². The van der Waals surface area contributed by atoms with Crippen LogP contribution in [0, 0.1) is 17.3 Å². The number of carbonyl (C=O) groups is 1. The topological polar surface area (TPSA) is 75.3 Å². The lowest BCUT2D eigenvalue weighted by Gasteiger charge is -2.12. The molecule has 6 heteroatoms. The van der Waals surface area contributed by atoms with Crippen molar-refractivity contribution in [3.05, 3.63) is 35.9 Å². The van der Waals surface area contributed by atoms with E-state index in [1.165, 1.54) is 5.57 Å². The minimum atomic E-state index is -3.40. The lowest BCUT2D eigenvalue weighted by atomic mass is 10.1. The highest BCUT2D eigenvalue weighted by Gasteiger charge is 2.60. The van der Waals surface area contributed by atoms with Crippen LogP contribution in [0.15, 0.2) is 35.9 Å². The normalized spacial score (nSPS) is 22.1. The Morgan fingerprint density at radius 1 is 1.17 bits per heavy atom. The molecule has 0 aliphatic heterocycles. The van der Waals surface area contributed by atoms with Gasteiger partial charge < -0.3 is 5.32 Å². The molecule has 0 aromatic heterocycles. The smallest absolute Gasteiger partial charge is 0.229 e. The van der Waals surface area contributed by atoms with Crippen LogP contribution < -0.4 is 10.0 Å². The first kappa shape index (κ1) is 17.5. The van der Waals surface area contributed by atoms with Crippen LogP contribution in [0.5, 0.6) is 0 Å². The molecule has 1 saturated carbocycles. The van der Waals surface area contributed by atoms with Gasteiger partial charge in [0.1, 0.15) is 0 Å². The standard InChI is InChI=1S/C17H24N2O3S/c1-11(2)10-12-15(17(12,3)4)16(20)18-13-8-6-7-9-14(13)19-23(5,21)22/h6-10,12,15,19H,1-5H3,(H,18,20)/t12-,15+/m1/s1. The summed E-state index contributed by atoms with van der Waals surface area (Å²) in [6.07, 6.45) is 3.21. The molecular formula is C17H24N2O3S. The average Bonchev–Trinajstić information content (AvgIpc) is 2.90.